The Balaban J connectivity index is 1.92. The highest BCUT2D eigenvalue weighted by molar-refractivity contribution is 6.62. The van der Waals surface area contributed by atoms with Crippen LogP contribution in [0.15, 0.2) is 12.7 Å². The minimum Gasteiger partial charge on any atom is -0.103 e. The summed E-state index contributed by atoms with van der Waals surface area (Å²) in [5.41, 5.74) is 2.40. The van der Waals surface area contributed by atoms with E-state index in [0.29, 0.717) is 0 Å². The molecule has 2 aliphatic rings. The third-order valence-electron chi connectivity index (χ3n) is 5.21. The van der Waals surface area contributed by atoms with Gasteiger partial charge in [-0.25, -0.2) is 0 Å². The summed E-state index contributed by atoms with van der Waals surface area (Å²) in [6, 6.07) is 1.57. The first-order valence-electron chi connectivity index (χ1n) is 8.02. The Morgan fingerprint density at radius 3 is 1.71 bits per heavy atom. The lowest BCUT2D eigenvalue weighted by Gasteiger charge is -2.36. The van der Waals surface area contributed by atoms with Crippen molar-refractivity contribution in [3.8, 4) is 0 Å². The van der Waals surface area contributed by atoms with Crippen LogP contribution in [-0.4, -0.2) is 8.80 Å². The molecule has 2 aliphatic carbocycles. The molecular weight excluding hydrogens is 220 g/mol. The van der Waals surface area contributed by atoms with Crippen LogP contribution >= 0.6 is 0 Å². The fourth-order valence-corrected chi connectivity index (χ4v) is 9.28. The highest BCUT2D eigenvalue weighted by Gasteiger charge is 2.31. The van der Waals surface area contributed by atoms with Gasteiger partial charge in [-0.1, -0.05) is 76.3 Å². The van der Waals surface area contributed by atoms with Gasteiger partial charge in [0, 0.05) is 8.80 Å². The van der Waals surface area contributed by atoms with E-state index >= 15 is 0 Å². The minimum absolute atomic E-state index is 0.485. The quantitative estimate of drug-likeness (QED) is 0.449. The van der Waals surface area contributed by atoms with Crippen molar-refractivity contribution in [1.29, 1.82) is 0 Å². The van der Waals surface area contributed by atoms with E-state index in [1.807, 2.05) is 0 Å². The molecule has 0 spiro atoms. The van der Waals surface area contributed by atoms with Gasteiger partial charge in [-0.2, -0.15) is 0 Å². The Hall–Kier alpha value is -0.0431. The second-order valence-electron chi connectivity index (χ2n) is 6.33. The Labute approximate surface area is 109 Å². The number of hydrogen-bond acceptors (Lipinski definition) is 0. The summed E-state index contributed by atoms with van der Waals surface area (Å²) in [5.74, 6) is 0. The molecule has 0 nitrogen and oxygen atoms in total. The van der Waals surface area contributed by atoms with E-state index < -0.39 is 8.80 Å². The first-order chi connectivity index (χ1) is 8.42. The summed E-state index contributed by atoms with van der Waals surface area (Å²) in [6.07, 6.45) is 19.0. The van der Waals surface area contributed by atoms with E-state index in [-0.39, 0.29) is 0 Å². The molecule has 98 valence electrons. The van der Waals surface area contributed by atoms with Crippen molar-refractivity contribution >= 4 is 8.80 Å². The number of allylic oxidation sites excluding steroid dienone is 1. The Kier molecular flexibility index (Phi) is 5.83. The topological polar surface area (TPSA) is 0 Å². The summed E-state index contributed by atoms with van der Waals surface area (Å²) >= 11 is 0. The zero-order valence-corrected chi connectivity index (χ0v) is 12.7. The van der Waals surface area contributed by atoms with E-state index in [9.17, 15) is 0 Å². The lowest BCUT2D eigenvalue weighted by molar-refractivity contribution is 0.460. The zero-order chi connectivity index (χ0) is 11.9. The van der Waals surface area contributed by atoms with Crippen molar-refractivity contribution in [2.75, 3.05) is 0 Å². The van der Waals surface area contributed by atoms with Crippen molar-refractivity contribution in [2.45, 2.75) is 87.8 Å². The second kappa shape index (κ2) is 7.40. The maximum atomic E-state index is 3.95. The van der Waals surface area contributed by atoms with Gasteiger partial charge >= 0.3 is 0 Å². The van der Waals surface area contributed by atoms with E-state index in [0.717, 1.165) is 0 Å². The van der Waals surface area contributed by atoms with Gasteiger partial charge in [-0.05, 0) is 17.5 Å². The third-order valence-corrected chi connectivity index (χ3v) is 9.97. The molecule has 0 aromatic heterocycles. The molecule has 0 atom stereocenters. The highest BCUT2D eigenvalue weighted by Crippen LogP contribution is 2.43. The van der Waals surface area contributed by atoms with Crippen LogP contribution in [0.5, 0.6) is 0 Å². The smallest absolute Gasteiger partial charge is 0.0433 e. The van der Waals surface area contributed by atoms with Crippen LogP contribution in [0.4, 0.5) is 0 Å². The van der Waals surface area contributed by atoms with Gasteiger partial charge in [-0.15, -0.1) is 6.58 Å². The van der Waals surface area contributed by atoms with Crippen LogP contribution < -0.4 is 0 Å². The molecule has 0 bridgehead atoms. The van der Waals surface area contributed by atoms with Crippen LogP contribution in [0.2, 0.25) is 17.1 Å². The molecule has 0 aromatic carbocycles. The molecule has 2 fully saturated rings. The molecule has 0 heterocycles. The zero-order valence-electron chi connectivity index (χ0n) is 11.5. The van der Waals surface area contributed by atoms with Crippen LogP contribution in [0.25, 0.3) is 0 Å². The summed E-state index contributed by atoms with van der Waals surface area (Å²) in [4.78, 5) is 0. The molecule has 0 amide bonds. The normalized spacial score (nSPS) is 24.1. The van der Waals surface area contributed by atoms with Gasteiger partial charge in [0.2, 0.25) is 0 Å². The maximum Gasteiger partial charge on any atom is 0.0433 e. The lowest BCUT2D eigenvalue weighted by Crippen LogP contribution is -2.29. The summed E-state index contributed by atoms with van der Waals surface area (Å²) in [5, 5.41) is 0. The Morgan fingerprint density at radius 2 is 1.29 bits per heavy atom. The minimum atomic E-state index is -0.485. The number of hydrogen-bond donors (Lipinski definition) is 0. The van der Waals surface area contributed by atoms with Crippen molar-refractivity contribution in [3.05, 3.63) is 12.7 Å². The summed E-state index contributed by atoms with van der Waals surface area (Å²) in [6.45, 7) is 3.95. The monoisotopic (exact) mass is 250 g/mol. The van der Waals surface area contributed by atoms with Gasteiger partial charge in [0.25, 0.3) is 0 Å². The SMILES string of the molecule is C=CCC[SiH](C1CCCCC1)C1CCCCC1. The predicted molar refractivity (Wildman–Crippen MR) is 80.4 cm³/mol. The standard InChI is InChI=1S/C16H30Si/c1-2-3-14-17(15-10-6-4-7-11-15)16-12-8-5-9-13-16/h2,15-17H,1,3-14H2. The molecule has 0 unspecified atom stereocenters. The largest absolute Gasteiger partial charge is 0.103 e. The van der Waals surface area contributed by atoms with E-state index in [4.69, 9.17) is 0 Å². The van der Waals surface area contributed by atoms with Gasteiger partial charge in [-0.3, -0.25) is 0 Å². The molecule has 2 saturated carbocycles. The molecule has 0 aliphatic heterocycles. The molecule has 0 aromatic rings. The predicted octanol–water partition coefficient (Wildman–Crippen LogP) is 5.46. The summed E-state index contributed by atoms with van der Waals surface area (Å²) in [7, 11) is -0.485. The first kappa shape index (κ1) is 13.4. The van der Waals surface area contributed by atoms with Crippen molar-refractivity contribution in [3.63, 3.8) is 0 Å². The van der Waals surface area contributed by atoms with Gasteiger partial charge in [0.05, 0.1) is 0 Å². The van der Waals surface area contributed by atoms with Crippen molar-refractivity contribution < 1.29 is 0 Å². The molecule has 0 radical (unpaired) electrons. The third kappa shape index (κ3) is 3.98. The van der Waals surface area contributed by atoms with Crippen LogP contribution in [-0.2, 0) is 0 Å². The van der Waals surface area contributed by atoms with Crippen LogP contribution in [0.3, 0.4) is 0 Å². The lowest BCUT2D eigenvalue weighted by atomic mass is 9.99. The van der Waals surface area contributed by atoms with E-state index in [1.165, 1.54) is 56.0 Å². The van der Waals surface area contributed by atoms with Gasteiger partial charge < -0.3 is 0 Å². The Bertz CT molecular complexity index is 194. The molecule has 0 N–H and O–H groups in total. The maximum absolute atomic E-state index is 3.95. The molecule has 2 rings (SSSR count). The van der Waals surface area contributed by atoms with Crippen LogP contribution in [0, 0.1) is 0 Å². The highest BCUT2D eigenvalue weighted by atomic mass is 28.3. The fourth-order valence-electron chi connectivity index (χ4n) is 4.29. The average Bonchev–Trinajstić information content (AvgIpc) is 2.42. The Morgan fingerprint density at radius 1 is 0.824 bits per heavy atom. The van der Waals surface area contributed by atoms with E-state index in [1.54, 1.807) is 31.7 Å². The van der Waals surface area contributed by atoms with Crippen molar-refractivity contribution in [1.82, 2.24) is 0 Å². The summed E-state index contributed by atoms with van der Waals surface area (Å²) < 4.78 is 0. The number of rotatable bonds is 5. The van der Waals surface area contributed by atoms with E-state index in [2.05, 4.69) is 12.7 Å². The molecular formula is C16H30Si. The first-order valence-corrected chi connectivity index (χ1v) is 10.2. The van der Waals surface area contributed by atoms with Crippen molar-refractivity contribution in [2.24, 2.45) is 0 Å². The second-order valence-corrected chi connectivity index (χ2v) is 10.1. The average molecular weight is 251 g/mol. The fraction of sp³-hybridized carbons (Fsp3) is 0.875. The van der Waals surface area contributed by atoms with Gasteiger partial charge in [0.1, 0.15) is 0 Å². The molecule has 17 heavy (non-hydrogen) atoms. The van der Waals surface area contributed by atoms with Crippen LogP contribution in [0.1, 0.15) is 70.6 Å². The molecule has 1 heteroatoms. The van der Waals surface area contributed by atoms with Gasteiger partial charge in [0.15, 0.2) is 0 Å². The molecule has 0 saturated heterocycles.